The van der Waals surface area contributed by atoms with Crippen LogP contribution in [0.2, 0.25) is 0 Å². The first-order valence-corrected chi connectivity index (χ1v) is 7.33. The molecule has 0 bridgehead atoms. The minimum Gasteiger partial charge on any atom is -0.393 e. The molecule has 2 atom stereocenters. The van der Waals surface area contributed by atoms with Gasteiger partial charge in [-0.25, -0.2) is 5.84 Å². The van der Waals surface area contributed by atoms with E-state index < -0.39 is 0 Å². The van der Waals surface area contributed by atoms with Crippen molar-refractivity contribution in [3.63, 3.8) is 0 Å². The lowest BCUT2D eigenvalue weighted by Gasteiger charge is -2.34. The lowest BCUT2D eigenvalue weighted by molar-refractivity contribution is 0.0320. The number of piperidine rings is 1. The highest BCUT2D eigenvalue weighted by atomic mass is 32.1. The van der Waals surface area contributed by atoms with E-state index in [1.54, 1.807) is 0 Å². The number of nitrogen functional groups attached to an aromatic ring is 1. The predicted molar refractivity (Wildman–Crippen MR) is 75.8 cm³/mol. The quantitative estimate of drug-likeness (QED) is 0.437. The molecule has 4 N–H and O–H groups in total. The molecule has 0 aliphatic carbocycles. The van der Waals surface area contributed by atoms with Crippen molar-refractivity contribution in [1.29, 1.82) is 0 Å². The molecule has 6 heteroatoms. The molecule has 0 spiro atoms. The lowest BCUT2D eigenvalue weighted by atomic mass is 9.96. The summed E-state index contributed by atoms with van der Waals surface area (Å²) in [5.74, 6) is 5.22. The maximum absolute atomic E-state index is 11.5. The monoisotopic (exact) mass is 283 g/mol. The molecule has 0 radical (unpaired) electrons. The topological polar surface area (TPSA) is 78.6 Å². The minimum absolute atomic E-state index is 0.182. The zero-order valence-corrected chi connectivity index (χ0v) is 12.2. The number of thiophene rings is 1. The third-order valence-electron chi connectivity index (χ3n) is 3.71. The summed E-state index contributed by atoms with van der Waals surface area (Å²) in [6.45, 7) is 6.73. The van der Waals surface area contributed by atoms with E-state index in [1.165, 1.54) is 16.9 Å². The van der Waals surface area contributed by atoms with Gasteiger partial charge < -0.3 is 5.11 Å². The average molecular weight is 283 g/mol. The molecule has 1 amide bonds. The summed E-state index contributed by atoms with van der Waals surface area (Å²) in [6.07, 6.45) is 0.638. The van der Waals surface area contributed by atoms with Gasteiger partial charge in [0.2, 0.25) is 0 Å². The molecule has 1 aromatic heterocycles. The zero-order chi connectivity index (χ0) is 14.0. The van der Waals surface area contributed by atoms with Crippen molar-refractivity contribution in [3.05, 3.63) is 21.4 Å². The second-order valence-corrected chi connectivity index (χ2v) is 6.49. The van der Waals surface area contributed by atoms with Crippen LogP contribution in [0, 0.1) is 12.8 Å². The lowest BCUT2D eigenvalue weighted by Crippen LogP contribution is -2.41. The maximum Gasteiger partial charge on any atom is 0.275 e. The SMILES string of the molecule is Cc1sc(C(=O)NN)cc1CN1CCC(O)C(C)C1. The van der Waals surface area contributed by atoms with E-state index in [0.717, 1.165) is 30.9 Å². The summed E-state index contributed by atoms with van der Waals surface area (Å²) in [5.41, 5.74) is 3.34. The van der Waals surface area contributed by atoms with Gasteiger partial charge in [-0.3, -0.25) is 15.1 Å². The number of amides is 1. The van der Waals surface area contributed by atoms with E-state index in [4.69, 9.17) is 5.84 Å². The van der Waals surface area contributed by atoms with Crippen molar-refractivity contribution in [1.82, 2.24) is 10.3 Å². The van der Waals surface area contributed by atoms with E-state index in [2.05, 4.69) is 17.2 Å². The second kappa shape index (κ2) is 6.00. The summed E-state index contributed by atoms with van der Waals surface area (Å²) in [7, 11) is 0. The molecule has 2 heterocycles. The number of carbonyl (C=O) groups excluding carboxylic acids is 1. The standard InChI is InChI=1S/C13H21N3O2S/c1-8-6-16(4-3-11(8)17)7-10-5-12(13(18)15-14)19-9(10)2/h5,8,11,17H,3-4,6-7,14H2,1-2H3,(H,15,18). The van der Waals surface area contributed by atoms with Gasteiger partial charge >= 0.3 is 0 Å². The number of nitrogens with two attached hydrogens (primary N) is 1. The van der Waals surface area contributed by atoms with Gasteiger partial charge in [0.25, 0.3) is 5.91 Å². The van der Waals surface area contributed by atoms with Gasteiger partial charge in [-0.1, -0.05) is 6.92 Å². The van der Waals surface area contributed by atoms with E-state index in [9.17, 15) is 9.90 Å². The first kappa shape index (κ1) is 14.5. The predicted octanol–water partition coefficient (Wildman–Crippen LogP) is 0.863. The number of aryl methyl sites for hydroxylation is 1. The van der Waals surface area contributed by atoms with Crippen molar-refractivity contribution in [2.24, 2.45) is 11.8 Å². The van der Waals surface area contributed by atoms with Crippen LogP contribution in [0.15, 0.2) is 6.07 Å². The van der Waals surface area contributed by atoms with E-state index in [0.29, 0.717) is 10.8 Å². The van der Waals surface area contributed by atoms with E-state index >= 15 is 0 Å². The second-order valence-electron chi connectivity index (χ2n) is 5.23. The Morgan fingerprint density at radius 1 is 1.68 bits per heavy atom. The summed E-state index contributed by atoms with van der Waals surface area (Å²) in [6, 6.07) is 1.91. The Kier molecular flexibility index (Phi) is 4.57. The Bertz CT molecular complexity index is 461. The normalized spacial score (nSPS) is 24.4. The van der Waals surface area contributed by atoms with Gasteiger partial charge in [0, 0.05) is 24.5 Å². The van der Waals surface area contributed by atoms with Crippen molar-refractivity contribution in [3.8, 4) is 0 Å². The van der Waals surface area contributed by atoms with Gasteiger partial charge in [0.05, 0.1) is 11.0 Å². The third kappa shape index (κ3) is 3.33. The molecule has 0 saturated carbocycles. The zero-order valence-electron chi connectivity index (χ0n) is 11.3. The molecule has 2 unspecified atom stereocenters. The van der Waals surface area contributed by atoms with Crippen LogP contribution in [0.25, 0.3) is 0 Å². The largest absolute Gasteiger partial charge is 0.393 e. The number of hydrazine groups is 1. The summed E-state index contributed by atoms with van der Waals surface area (Å²) in [5, 5.41) is 9.73. The van der Waals surface area contributed by atoms with Gasteiger partial charge in [0.15, 0.2) is 0 Å². The highest BCUT2D eigenvalue weighted by molar-refractivity contribution is 7.14. The van der Waals surface area contributed by atoms with E-state index in [-0.39, 0.29) is 12.0 Å². The number of likely N-dealkylation sites (tertiary alicyclic amines) is 1. The number of carbonyl (C=O) groups is 1. The van der Waals surface area contributed by atoms with Gasteiger partial charge in [-0.2, -0.15) is 0 Å². The van der Waals surface area contributed by atoms with Crippen LogP contribution in [0.1, 0.15) is 33.5 Å². The minimum atomic E-state index is -0.234. The maximum atomic E-state index is 11.5. The molecular weight excluding hydrogens is 262 g/mol. The van der Waals surface area contributed by atoms with Crippen LogP contribution in [-0.4, -0.2) is 35.1 Å². The van der Waals surface area contributed by atoms with Crippen LogP contribution in [0.4, 0.5) is 0 Å². The Morgan fingerprint density at radius 2 is 2.42 bits per heavy atom. The van der Waals surface area contributed by atoms with Crippen LogP contribution in [0.3, 0.4) is 0 Å². The van der Waals surface area contributed by atoms with Crippen LogP contribution in [-0.2, 0) is 6.54 Å². The Hall–Kier alpha value is -0.950. The number of aliphatic hydroxyl groups is 1. The van der Waals surface area contributed by atoms with Gasteiger partial charge in [-0.15, -0.1) is 11.3 Å². The molecule has 5 nitrogen and oxygen atoms in total. The molecule has 106 valence electrons. The first-order chi connectivity index (χ1) is 9.01. The van der Waals surface area contributed by atoms with Crippen molar-refractivity contribution in [2.45, 2.75) is 32.9 Å². The summed E-state index contributed by atoms with van der Waals surface area (Å²) >= 11 is 1.47. The van der Waals surface area contributed by atoms with Crippen LogP contribution >= 0.6 is 11.3 Å². The molecular formula is C13H21N3O2S. The average Bonchev–Trinajstić information content (AvgIpc) is 2.74. The van der Waals surface area contributed by atoms with Crippen LogP contribution < -0.4 is 11.3 Å². The van der Waals surface area contributed by atoms with Gasteiger partial charge in [-0.05, 0) is 30.9 Å². The van der Waals surface area contributed by atoms with Gasteiger partial charge in [0.1, 0.15) is 0 Å². The molecule has 19 heavy (non-hydrogen) atoms. The number of hydrogen-bond donors (Lipinski definition) is 3. The van der Waals surface area contributed by atoms with Crippen molar-refractivity contribution >= 4 is 17.2 Å². The van der Waals surface area contributed by atoms with Crippen LogP contribution in [0.5, 0.6) is 0 Å². The Labute approximate surface area is 117 Å². The fourth-order valence-corrected chi connectivity index (χ4v) is 3.40. The van der Waals surface area contributed by atoms with E-state index in [1.807, 2.05) is 13.0 Å². The molecule has 1 aromatic rings. The van der Waals surface area contributed by atoms with Crippen molar-refractivity contribution < 1.29 is 9.90 Å². The molecule has 1 fully saturated rings. The molecule has 1 saturated heterocycles. The highest BCUT2D eigenvalue weighted by Gasteiger charge is 2.24. The number of nitrogens with one attached hydrogen (secondary N) is 1. The number of rotatable bonds is 3. The Balaban J connectivity index is 2.03. The smallest absolute Gasteiger partial charge is 0.275 e. The molecule has 2 rings (SSSR count). The number of aliphatic hydroxyl groups excluding tert-OH is 1. The third-order valence-corrected chi connectivity index (χ3v) is 4.81. The Morgan fingerprint density at radius 3 is 3.05 bits per heavy atom. The fourth-order valence-electron chi connectivity index (χ4n) is 2.46. The first-order valence-electron chi connectivity index (χ1n) is 6.52. The number of hydrogen-bond acceptors (Lipinski definition) is 5. The van der Waals surface area contributed by atoms with Crippen molar-refractivity contribution in [2.75, 3.05) is 13.1 Å². The molecule has 1 aliphatic heterocycles. The fraction of sp³-hybridized carbons (Fsp3) is 0.615. The highest BCUT2D eigenvalue weighted by Crippen LogP contribution is 2.25. The number of nitrogens with zero attached hydrogens (tertiary/aromatic N) is 1. The summed E-state index contributed by atoms with van der Waals surface area (Å²) in [4.78, 5) is 15.6. The molecule has 0 aromatic carbocycles. The summed E-state index contributed by atoms with van der Waals surface area (Å²) < 4.78 is 0. The molecule has 1 aliphatic rings.